The van der Waals surface area contributed by atoms with Crippen molar-refractivity contribution in [3.63, 3.8) is 0 Å². The molecule has 1 aromatic carbocycles. The van der Waals surface area contributed by atoms with Crippen LogP contribution < -0.4 is 5.32 Å². The Balaban J connectivity index is 2.28. The van der Waals surface area contributed by atoms with Crippen molar-refractivity contribution in [2.75, 3.05) is 20.3 Å². The zero-order valence-electron chi connectivity index (χ0n) is 11.4. The highest BCUT2D eigenvalue weighted by Crippen LogP contribution is 2.33. The fourth-order valence-electron chi connectivity index (χ4n) is 2.83. The first-order valence-corrected chi connectivity index (χ1v) is 7.44. The summed E-state index contributed by atoms with van der Waals surface area (Å²) in [6.45, 7) is 6.15. The molecular formula is C15H22BrNO. The van der Waals surface area contributed by atoms with Crippen molar-refractivity contribution in [3.05, 3.63) is 33.3 Å². The van der Waals surface area contributed by atoms with Crippen LogP contribution in [0.3, 0.4) is 0 Å². The third-order valence-corrected chi connectivity index (χ3v) is 4.79. The van der Waals surface area contributed by atoms with Gasteiger partial charge in [0.05, 0.1) is 0 Å². The lowest BCUT2D eigenvalue weighted by atomic mass is 9.85. The maximum Gasteiger partial charge on any atom is 0.0469 e. The molecule has 1 aromatic rings. The summed E-state index contributed by atoms with van der Waals surface area (Å²) in [7, 11) is 2.07. The number of nitrogens with one attached hydrogen (secondary N) is 1. The van der Waals surface area contributed by atoms with Crippen molar-refractivity contribution in [1.82, 2.24) is 5.32 Å². The third kappa shape index (κ3) is 2.95. The van der Waals surface area contributed by atoms with Crippen LogP contribution in [-0.2, 0) is 4.74 Å². The van der Waals surface area contributed by atoms with Crippen molar-refractivity contribution >= 4 is 15.9 Å². The Morgan fingerprint density at radius 2 is 1.89 bits per heavy atom. The highest BCUT2D eigenvalue weighted by molar-refractivity contribution is 9.10. The first-order valence-electron chi connectivity index (χ1n) is 6.65. The number of benzene rings is 1. The lowest BCUT2D eigenvalue weighted by Crippen LogP contribution is -2.30. The first-order chi connectivity index (χ1) is 8.63. The van der Waals surface area contributed by atoms with Gasteiger partial charge in [-0.25, -0.2) is 0 Å². The molecule has 1 N–H and O–H groups in total. The van der Waals surface area contributed by atoms with E-state index in [1.165, 1.54) is 21.2 Å². The van der Waals surface area contributed by atoms with Crippen LogP contribution in [0.2, 0.25) is 0 Å². The second kappa shape index (κ2) is 6.18. The normalized spacial score (nSPS) is 18.9. The molecule has 0 radical (unpaired) electrons. The molecule has 2 nitrogen and oxygen atoms in total. The van der Waals surface area contributed by atoms with Gasteiger partial charge in [0.25, 0.3) is 0 Å². The van der Waals surface area contributed by atoms with Crippen molar-refractivity contribution < 1.29 is 4.74 Å². The molecule has 100 valence electrons. The van der Waals surface area contributed by atoms with E-state index in [1.54, 1.807) is 0 Å². The van der Waals surface area contributed by atoms with Crippen LogP contribution in [-0.4, -0.2) is 20.3 Å². The predicted octanol–water partition coefficient (Wildman–Crippen LogP) is 3.75. The second-order valence-electron chi connectivity index (χ2n) is 5.17. The summed E-state index contributed by atoms with van der Waals surface area (Å²) in [5.74, 6) is 0.683. The minimum absolute atomic E-state index is 0.445. The highest BCUT2D eigenvalue weighted by atomic mass is 79.9. The Kier molecular flexibility index (Phi) is 4.82. The van der Waals surface area contributed by atoms with E-state index in [0.29, 0.717) is 12.0 Å². The number of hydrogen-bond donors (Lipinski definition) is 1. The topological polar surface area (TPSA) is 21.3 Å². The van der Waals surface area contributed by atoms with E-state index in [4.69, 9.17) is 4.74 Å². The molecule has 1 aliphatic rings. The highest BCUT2D eigenvalue weighted by Gasteiger charge is 2.25. The number of ether oxygens (including phenoxy) is 1. The lowest BCUT2D eigenvalue weighted by molar-refractivity contribution is 0.0545. The first kappa shape index (κ1) is 14.0. The maximum absolute atomic E-state index is 5.47. The van der Waals surface area contributed by atoms with Gasteiger partial charge in [0, 0.05) is 23.7 Å². The van der Waals surface area contributed by atoms with E-state index in [-0.39, 0.29) is 0 Å². The van der Waals surface area contributed by atoms with E-state index >= 15 is 0 Å². The Bertz CT molecular complexity index is 413. The van der Waals surface area contributed by atoms with E-state index in [1.807, 2.05) is 0 Å². The summed E-state index contributed by atoms with van der Waals surface area (Å²) < 4.78 is 6.67. The van der Waals surface area contributed by atoms with E-state index in [2.05, 4.69) is 54.3 Å². The average molecular weight is 312 g/mol. The van der Waals surface area contributed by atoms with E-state index in [9.17, 15) is 0 Å². The second-order valence-corrected chi connectivity index (χ2v) is 6.03. The number of rotatable bonds is 3. The van der Waals surface area contributed by atoms with E-state index < -0.39 is 0 Å². The van der Waals surface area contributed by atoms with Crippen LogP contribution in [0, 0.1) is 19.8 Å². The molecule has 0 spiro atoms. The zero-order chi connectivity index (χ0) is 13.1. The molecule has 0 aromatic heterocycles. The predicted molar refractivity (Wildman–Crippen MR) is 79.0 cm³/mol. The summed E-state index contributed by atoms with van der Waals surface area (Å²) in [5, 5.41) is 3.50. The average Bonchev–Trinajstić information content (AvgIpc) is 2.38. The fraction of sp³-hybridized carbons (Fsp3) is 0.600. The van der Waals surface area contributed by atoms with Gasteiger partial charge < -0.3 is 10.1 Å². The molecule has 0 amide bonds. The molecule has 1 unspecified atom stereocenters. The van der Waals surface area contributed by atoms with Gasteiger partial charge in [0.15, 0.2) is 0 Å². The Labute approximate surface area is 118 Å². The molecule has 1 fully saturated rings. The molecule has 1 saturated heterocycles. The number of halogens is 1. The van der Waals surface area contributed by atoms with Gasteiger partial charge in [0.2, 0.25) is 0 Å². The largest absolute Gasteiger partial charge is 0.381 e. The minimum Gasteiger partial charge on any atom is -0.381 e. The molecule has 0 bridgehead atoms. The van der Waals surface area contributed by atoms with Gasteiger partial charge in [0.1, 0.15) is 0 Å². The minimum atomic E-state index is 0.445. The maximum atomic E-state index is 5.47. The fourth-order valence-corrected chi connectivity index (χ4v) is 3.29. The number of hydrogen-bond acceptors (Lipinski definition) is 2. The van der Waals surface area contributed by atoms with Crippen LogP contribution in [0.15, 0.2) is 16.6 Å². The SMILES string of the molecule is CNC(c1cc(C)c(Br)cc1C)C1CCOCC1. The van der Waals surface area contributed by atoms with Crippen LogP contribution in [0.4, 0.5) is 0 Å². The standard InChI is InChI=1S/C15H22BrNO/c1-10-9-14(16)11(2)8-13(10)15(17-3)12-4-6-18-7-5-12/h8-9,12,15,17H,4-7H2,1-3H3. The molecular weight excluding hydrogens is 290 g/mol. The van der Waals surface area contributed by atoms with Crippen LogP contribution in [0.25, 0.3) is 0 Å². The van der Waals surface area contributed by atoms with Crippen LogP contribution in [0.5, 0.6) is 0 Å². The molecule has 1 aliphatic heterocycles. The third-order valence-electron chi connectivity index (χ3n) is 3.93. The van der Waals surface area contributed by atoms with Gasteiger partial charge >= 0.3 is 0 Å². The molecule has 1 atom stereocenters. The lowest BCUT2D eigenvalue weighted by Gasteiger charge is -2.31. The van der Waals surface area contributed by atoms with Crippen LogP contribution in [0.1, 0.15) is 35.6 Å². The summed E-state index contributed by atoms with van der Waals surface area (Å²) >= 11 is 3.61. The van der Waals surface area contributed by atoms with E-state index in [0.717, 1.165) is 26.1 Å². The van der Waals surface area contributed by atoms with Gasteiger partial charge in [-0.3, -0.25) is 0 Å². The van der Waals surface area contributed by atoms with Crippen molar-refractivity contribution in [1.29, 1.82) is 0 Å². The Hall–Kier alpha value is -0.380. The molecule has 2 rings (SSSR count). The van der Waals surface area contributed by atoms with Crippen molar-refractivity contribution in [2.45, 2.75) is 32.7 Å². The van der Waals surface area contributed by atoms with Crippen molar-refractivity contribution in [3.8, 4) is 0 Å². The quantitative estimate of drug-likeness (QED) is 0.918. The summed E-state index contributed by atoms with van der Waals surface area (Å²) in [6, 6.07) is 4.99. The zero-order valence-corrected chi connectivity index (χ0v) is 13.0. The molecule has 18 heavy (non-hydrogen) atoms. The van der Waals surface area contributed by atoms with Gasteiger partial charge in [-0.1, -0.05) is 22.0 Å². The van der Waals surface area contributed by atoms with Crippen molar-refractivity contribution in [2.24, 2.45) is 5.92 Å². The molecule has 1 heterocycles. The summed E-state index contributed by atoms with van der Waals surface area (Å²) in [5.41, 5.74) is 4.10. The monoisotopic (exact) mass is 311 g/mol. The Morgan fingerprint density at radius 3 is 2.50 bits per heavy atom. The summed E-state index contributed by atoms with van der Waals surface area (Å²) in [4.78, 5) is 0. The molecule has 0 aliphatic carbocycles. The van der Waals surface area contributed by atoms with Gasteiger partial charge in [-0.05, 0) is 62.4 Å². The van der Waals surface area contributed by atoms with Crippen LogP contribution >= 0.6 is 15.9 Å². The molecule has 0 saturated carbocycles. The Morgan fingerprint density at radius 1 is 1.22 bits per heavy atom. The smallest absolute Gasteiger partial charge is 0.0469 e. The van der Waals surface area contributed by atoms with Gasteiger partial charge in [-0.15, -0.1) is 0 Å². The van der Waals surface area contributed by atoms with Gasteiger partial charge in [-0.2, -0.15) is 0 Å². The molecule has 3 heteroatoms. The number of aryl methyl sites for hydroxylation is 2. The summed E-state index contributed by atoms with van der Waals surface area (Å²) in [6.07, 6.45) is 2.31.